The van der Waals surface area contributed by atoms with Crippen LogP contribution in [0.15, 0.2) is 89.7 Å². The Bertz CT molecular complexity index is 1770. The summed E-state index contributed by atoms with van der Waals surface area (Å²) < 4.78 is 25.2. The topological polar surface area (TPSA) is 108 Å². The first-order valence-corrected chi connectivity index (χ1v) is 13.5. The zero-order valence-electron chi connectivity index (χ0n) is 22.1. The Balaban J connectivity index is 1.87. The van der Waals surface area contributed by atoms with Crippen LogP contribution in [0.4, 0.5) is 0 Å². The largest absolute Gasteiger partial charge is 0.458 e. The molecule has 2 aromatic heterocycles. The molecule has 0 fully saturated rings. The van der Waals surface area contributed by atoms with E-state index in [2.05, 4.69) is 21.8 Å². The fourth-order valence-corrected chi connectivity index (χ4v) is 5.53. The monoisotopic (exact) mass is 533 g/mol. The van der Waals surface area contributed by atoms with Crippen LogP contribution in [0.1, 0.15) is 48.9 Å². The van der Waals surface area contributed by atoms with E-state index in [0.29, 0.717) is 28.2 Å². The highest BCUT2D eigenvalue weighted by molar-refractivity contribution is 7.84. The van der Waals surface area contributed by atoms with Crippen LogP contribution in [-0.2, 0) is 23.6 Å². The number of hydrogen-bond acceptors (Lipinski definition) is 5. The van der Waals surface area contributed by atoms with Crippen molar-refractivity contribution < 1.29 is 8.63 Å². The summed E-state index contributed by atoms with van der Waals surface area (Å²) in [6, 6.07) is 26.8. The van der Waals surface area contributed by atoms with E-state index in [1.807, 2.05) is 87.0 Å². The summed E-state index contributed by atoms with van der Waals surface area (Å²) in [4.78, 5) is 4.38. The number of furan rings is 1. The van der Waals surface area contributed by atoms with Crippen LogP contribution in [0.25, 0.3) is 22.1 Å². The van der Waals surface area contributed by atoms with E-state index in [1.165, 1.54) is 0 Å². The Kier molecular flexibility index (Phi) is 6.69. The van der Waals surface area contributed by atoms with Crippen LogP contribution in [0.3, 0.4) is 0 Å². The van der Waals surface area contributed by atoms with Crippen LogP contribution in [-0.4, -0.2) is 18.5 Å². The van der Waals surface area contributed by atoms with E-state index in [1.54, 1.807) is 30.7 Å². The van der Waals surface area contributed by atoms with Crippen molar-refractivity contribution in [2.75, 3.05) is 0 Å². The van der Waals surface area contributed by atoms with E-state index >= 15 is 0 Å². The van der Waals surface area contributed by atoms with Gasteiger partial charge in [0.05, 0.1) is 57.2 Å². The average molecular weight is 534 g/mol. The van der Waals surface area contributed by atoms with Crippen molar-refractivity contribution in [1.82, 2.24) is 14.3 Å². The van der Waals surface area contributed by atoms with Gasteiger partial charge >= 0.3 is 0 Å². The molecule has 7 nitrogen and oxygen atoms in total. The lowest BCUT2D eigenvalue weighted by atomic mass is 9.84. The minimum atomic E-state index is -1.55. The standard InChI is InChI=1S/C31H27N5O2S/c1-30(2,3)39(37)35-31(27-19-34-20-36(27)4,25-12-10-21(17-32)11-13-25)28-16-24-14-22(18-33)15-26(29(24)38-28)23-8-6-5-7-9-23/h5-16,19-20,35H,1-4H3. The van der Waals surface area contributed by atoms with E-state index < -0.39 is 21.3 Å². The van der Waals surface area contributed by atoms with Gasteiger partial charge in [0.15, 0.2) is 5.54 Å². The van der Waals surface area contributed by atoms with Gasteiger partial charge in [-0.1, -0.05) is 42.5 Å². The van der Waals surface area contributed by atoms with Gasteiger partial charge in [-0.15, -0.1) is 0 Å². The first-order chi connectivity index (χ1) is 18.7. The second kappa shape index (κ2) is 9.99. The Hall–Kier alpha value is -4.50. The van der Waals surface area contributed by atoms with Gasteiger partial charge in [-0.2, -0.15) is 10.5 Å². The second-order valence-electron chi connectivity index (χ2n) is 10.3. The third-order valence-corrected chi connectivity index (χ3v) is 8.25. The summed E-state index contributed by atoms with van der Waals surface area (Å²) in [7, 11) is 0.324. The molecule has 0 spiro atoms. The molecule has 5 rings (SSSR count). The van der Waals surface area contributed by atoms with Gasteiger partial charge < -0.3 is 8.98 Å². The highest BCUT2D eigenvalue weighted by Gasteiger charge is 2.45. The predicted octanol–water partition coefficient (Wildman–Crippen LogP) is 5.92. The lowest BCUT2D eigenvalue weighted by molar-refractivity contribution is 0.417. The van der Waals surface area contributed by atoms with Gasteiger partial charge in [-0.05, 0) is 62.2 Å². The van der Waals surface area contributed by atoms with Gasteiger partial charge in [-0.3, -0.25) is 0 Å². The second-order valence-corrected chi connectivity index (χ2v) is 12.3. The molecular formula is C31H27N5O2S. The molecule has 0 radical (unpaired) electrons. The van der Waals surface area contributed by atoms with Gasteiger partial charge in [0.1, 0.15) is 11.3 Å². The Labute approximate surface area is 229 Å². The Morgan fingerprint density at radius 2 is 1.64 bits per heavy atom. The lowest BCUT2D eigenvalue weighted by Gasteiger charge is -2.35. The number of hydrogen-bond donors (Lipinski definition) is 1. The van der Waals surface area contributed by atoms with Gasteiger partial charge in [-0.25, -0.2) is 13.9 Å². The van der Waals surface area contributed by atoms with Crippen LogP contribution in [0.2, 0.25) is 0 Å². The van der Waals surface area contributed by atoms with Crippen molar-refractivity contribution in [3.05, 3.63) is 113 Å². The minimum absolute atomic E-state index is 0.482. The number of fused-ring (bicyclic) bond motifs is 1. The third kappa shape index (κ3) is 4.66. The number of aryl methyl sites for hydroxylation is 1. The summed E-state index contributed by atoms with van der Waals surface area (Å²) in [6.45, 7) is 5.69. The van der Waals surface area contributed by atoms with Crippen LogP contribution in [0, 0.1) is 22.7 Å². The van der Waals surface area contributed by atoms with Crippen molar-refractivity contribution >= 4 is 22.0 Å². The van der Waals surface area contributed by atoms with E-state index in [0.717, 1.165) is 22.1 Å². The lowest BCUT2D eigenvalue weighted by Crippen LogP contribution is -2.50. The summed E-state index contributed by atoms with van der Waals surface area (Å²) >= 11 is 0. The maximum Gasteiger partial charge on any atom is 0.155 e. The van der Waals surface area contributed by atoms with E-state index in [4.69, 9.17) is 4.42 Å². The van der Waals surface area contributed by atoms with E-state index in [-0.39, 0.29) is 0 Å². The van der Waals surface area contributed by atoms with E-state index in [9.17, 15) is 14.7 Å². The maximum atomic E-state index is 13.8. The molecule has 2 heterocycles. The maximum absolute atomic E-state index is 13.8. The molecule has 2 unspecified atom stereocenters. The van der Waals surface area contributed by atoms with Crippen molar-refractivity contribution in [3.8, 4) is 23.3 Å². The molecule has 194 valence electrons. The van der Waals surface area contributed by atoms with Crippen molar-refractivity contribution in [2.24, 2.45) is 7.05 Å². The SMILES string of the molecule is Cn1cncc1C(NS(=O)C(C)(C)C)(c1ccc(C#N)cc1)c1cc2cc(C#N)cc(-c3ccccc3)c2o1. The number of nitrogens with one attached hydrogen (secondary N) is 1. The minimum Gasteiger partial charge on any atom is -0.458 e. The molecule has 2 atom stereocenters. The summed E-state index contributed by atoms with van der Waals surface area (Å²) in [5, 5.41) is 20.0. The molecule has 5 aromatic rings. The number of imidazole rings is 1. The van der Waals surface area contributed by atoms with Crippen molar-refractivity contribution in [3.63, 3.8) is 0 Å². The molecule has 0 aliphatic carbocycles. The number of nitrogens with zero attached hydrogens (tertiary/aromatic N) is 4. The fraction of sp³-hybridized carbons (Fsp3) is 0.194. The quantitative estimate of drug-likeness (QED) is 0.291. The molecule has 8 heteroatoms. The van der Waals surface area contributed by atoms with Gasteiger partial charge in [0, 0.05) is 18.0 Å². The molecule has 1 N–H and O–H groups in total. The third-order valence-electron chi connectivity index (χ3n) is 6.65. The van der Waals surface area contributed by atoms with Gasteiger partial charge in [0.2, 0.25) is 0 Å². The zero-order chi connectivity index (χ0) is 27.8. The Morgan fingerprint density at radius 3 is 2.23 bits per heavy atom. The van der Waals surface area contributed by atoms with Crippen molar-refractivity contribution in [2.45, 2.75) is 31.1 Å². The normalized spacial score (nSPS) is 13.9. The van der Waals surface area contributed by atoms with Crippen LogP contribution in [0.5, 0.6) is 0 Å². The molecule has 3 aromatic carbocycles. The summed E-state index contributed by atoms with van der Waals surface area (Å²) in [6.07, 6.45) is 3.40. The molecular weight excluding hydrogens is 506 g/mol. The first kappa shape index (κ1) is 26.1. The molecule has 39 heavy (non-hydrogen) atoms. The average Bonchev–Trinajstić information content (AvgIpc) is 3.57. The molecule has 0 aliphatic heterocycles. The molecule has 0 bridgehead atoms. The van der Waals surface area contributed by atoms with Crippen molar-refractivity contribution in [1.29, 1.82) is 10.5 Å². The van der Waals surface area contributed by atoms with Crippen LogP contribution < -0.4 is 4.72 Å². The van der Waals surface area contributed by atoms with Crippen LogP contribution >= 0.6 is 0 Å². The first-order valence-electron chi connectivity index (χ1n) is 12.4. The number of aromatic nitrogens is 2. The van der Waals surface area contributed by atoms with Gasteiger partial charge in [0.25, 0.3) is 0 Å². The molecule has 0 saturated heterocycles. The highest BCUT2D eigenvalue weighted by atomic mass is 32.2. The number of rotatable bonds is 6. The molecule has 0 amide bonds. The Morgan fingerprint density at radius 1 is 0.949 bits per heavy atom. The fourth-order valence-electron chi connectivity index (χ4n) is 4.62. The summed E-state index contributed by atoms with van der Waals surface area (Å²) in [5.41, 5.74) is 3.50. The number of benzene rings is 3. The molecule has 0 saturated carbocycles. The smallest absolute Gasteiger partial charge is 0.155 e. The zero-order valence-corrected chi connectivity index (χ0v) is 22.9. The molecule has 0 aliphatic rings. The predicted molar refractivity (Wildman–Crippen MR) is 152 cm³/mol. The summed E-state index contributed by atoms with van der Waals surface area (Å²) in [5.74, 6) is 0.482. The highest BCUT2D eigenvalue weighted by Crippen LogP contribution is 2.42. The number of nitriles is 2.